The fraction of sp³-hybridized carbons (Fsp3) is 0.263. The van der Waals surface area contributed by atoms with E-state index in [0.29, 0.717) is 5.56 Å². The number of carboxylic acids is 1. The number of hydrogen-bond donors (Lipinski definition) is 2. The van der Waals surface area contributed by atoms with Crippen molar-refractivity contribution in [2.24, 2.45) is 0 Å². The van der Waals surface area contributed by atoms with Gasteiger partial charge in [-0.3, -0.25) is 4.79 Å². The number of hydrogen-bond acceptors (Lipinski definition) is 3. The summed E-state index contributed by atoms with van der Waals surface area (Å²) < 4.78 is 72.3. The Kier molecular flexibility index (Phi) is 4.89. The second-order valence-electron chi connectivity index (χ2n) is 5.56. The zero-order valence-electron chi connectivity index (χ0n) is 17.8. The van der Waals surface area contributed by atoms with E-state index in [4.69, 9.17) is 5.48 Å². The number of carboxylic acid groups (broad SMARTS) is 1. The molecule has 2 aromatic rings. The maximum atomic E-state index is 13.3. The van der Waals surface area contributed by atoms with Crippen LogP contribution >= 0.6 is 0 Å². The number of ether oxygens (including phenoxy) is 1. The average molecular weight is 385 g/mol. The average Bonchev–Trinajstić information content (AvgIpc) is 2.66. The third kappa shape index (κ3) is 5.55. The Morgan fingerprint density at radius 2 is 1.81 bits per heavy atom. The van der Waals surface area contributed by atoms with Gasteiger partial charge in [-0.1, -0.05) is 42.5 Å². The molecular formula is C19H18F3NO4. The van der Waals surface area contributed by atoms with Crippen molar-refractivity contribution >= 4 is 11.9 Å². The first-order chi connectivity index (χ1) is 14.2. The molecule has 5 nitrogen and oxygen atoms in total. The molecule has 0 spiro atoms. The fourth-order valence-corrected chi connectivity index (χ4v) is 2.34. The molecule has 2 aromatic carbocycles. The van der Waals surface area contributed by atoms with E-state index in [-0.39, 0.29) is 12.0 Å². The zero-order valence-corrected chi connectivity index (χ0v) is 13.8. The summed E-state index contributed by atoms with van der Waals surface area (Å²) in [6.45, 7) is 0. The second kappa shape index (κ2) is 8.68. The van der Waals surface area contributed by atoms with Gasteiger partial charge >= 0.3 is 12.1 Å². The monoisotopic (exact) mass is 385 g/mol. The third-order valence-electron chi connectivity index (χ3n) is 3.65. The number of methoxy groups -OCH3 is 1. The molecule has 144 valence electrons. The first-order valence-corrected chi connectivity index (χ1v) is 7.68. The predicted molar refractivity (Wildman–Crippen MR) is 91.3 cm³/mol. The number of rotatable bonds is 7. The van der Waals surface area contributed by atoms with Gasteiger partial charge in [0.15, 0.2) is 6.08 Å². The molecule has 0 saturated heterocycles. The molecule has 0 fully saturated rings. The molecule has 0 radical (unpaired) electrons. The van der Waals surface area contributed by atoms with Crippen LogP contribution in [0.3, 0.4) is 0 Å². The molecule has 0 aliphatic heterocycles. The van der Waals surface area contributed by atoms with Crippen LogP contribution in [-0.4, -0.2) is 36.2 Å². The predicted octanol–water partition coefficient (Wildman–Crippen LogP) is 3.36. The van der Waals surface area contributed by atoms with Crippen LogP contribution < -0.4 is 5.32 Å². The van der Waals surface area contributed by atoms with Crippen molar-refractivity contribution in [3.05, 3.63) is 71.3 Å². The highest BCUT2D eigenvalue weighted by molar-refractivity contribution is 5.96. The van der Waals surface area contributed by atoms with Crippen molar-refractivity contribution in [2.75, 3.05) is 7.04 Å². The standard InChI is InChI=1S/C19H18F3NO4/c1-27-16(19(20,21)22)13-7-9-14(10-8-13)17(24)23-15(18(25)26)11-12-5-3-2-4-6-12/h2-10,15-16H,11H2,1H3,(H,23,24)(H,25,26)/t15-,16?/m0/s1/i1D3,16D. The van der Waals surface area contributed by atoms with Crippen LogP contribution in [0.25, 0.3) is 0 Å². The van der Waals surface area contributed by atoms with E-state index in [0.717, 1.165) is 24.3 Å². The molecule has 0 aliphatic rings. The van der Waals surface area contributed by atoms with E-state index >= 15 is 0 Å². The van der Waals surface area contributed by atoms with Crippen molar-refractivity contribution in [2.45, 2.75) is 24.7 Å². The lowest BCUT2D eigenvalue weighted by molar-refractivity contribution is -0.215. The molecule has 0 heterocycles. The van der Waals surface area contributed by atoms with Crippen LogP contribution in [-0.2, 0) is 16.0 Å². The molecule has 0 aromatic heterocycles. The van der Waals surface area contributed by atoms with Gasteiger partial charge in [-0.15, -0.1) is 0 Å². The smallest absolute Gasteiger partial charge is 0.418 e. The minimum absolute atomic E-state index is 0.0175. The second-order valence-corrected chi connectivity index (χ2v) is 5.56. The van der Waals surface area contributed by atoms with E-state index in [1.165, 1.54) is 0 Å². The normalized spacial score (nSPS) is 17.4. The molecule has 2 N–H and O–H groups in total. The molecule has 0 saturated carbocycles. The van der Waals surface area contributed by atoms with Crippen LogP contribution in [0.5, 0.6) is 0 Å². The first-order valence-electron chi connectivity index (χ1n) is 9.68. The summed E-state index contributed by atoms with van der Waals surface area (Å²) in [5.74, 6) is -2.17. The van der Waals surface area contributed by atoms with Gasteiger partial charge in [0.05, 0.1) is 5.48 Å². The molecule has 1 unspecified atom stereocenters. The lowest BCUT2D eigenvalue weighted by atomic mass is 10.0. The summed E-state index contributed by atoms with van der Waals surface area (Å²) in [7, 11) is -3.50. The summed E-state index contributed by atoms with van der Waals surface area (Å²) in [5.41, 5.74) is -0.384. The Morgan fingerprint density at radius 1 is 1.19 bits per heavy atom. The van der Waals surface area contributed by atoms with Crippen molar-refractivity contribution < 1.29 is 38.1 Å². The third-order valence-corrected chi connectivity index (χ3v) is 3.65. The van der Waals surface area contributed by atoms with Gasteiger partial charge in [-0.05, 0) is 23.3 Å². The molecule has 0 bridgehead atoms. The molecule has 27 heavy (non-hydrogen) atoms. The van der Waals surface area contributed by atoms with Gasteiger partial charge in [0.25, 0.3) is 5.91 Å². The Hall–Kier alpha value is -2.87. The van der Waals surface area contributed by atoms with Gasteiger partial charge in [-0.2, -0.15) is 13.2 Å². The number of benzene rings is 2. The highest BCUT2D eigenvalue weighted by Crippen LogP contribution is 2.35. The molecule has 0 aliphatic carbocycles. The highest BCUT2D eigenvalue weighted by Gasteiger charge is 2.41. The molecular weight excluding hydrogens is 363 g/mol. The van der Waals surface area contributed by atoms with E-state index in [1.807, 2.05) is 0 Å². The number of carbonyl (C=O) groups is 2. The Labute approximate surface area is 159 Å². The largest absolute Gasteiger partial charge is 0.480 e. The lowest BCUT2D eigenvalue weighted by Gasteiger charge is -2.19. The molecule has 2 rings (SSSR count). The minimum atomic E-state index is -5.38. The van der Waals surface area contributed by atoms with Crippen LogP contribution in [0, 0.1) is 0 Å². The molecule has 1 amide bonds. The topological polar surface area (TPSA) is 75.6 Å². The molecule has 8 heteroatoms. The maximum Gasteiger partial charge on any atom is 0.418 e. The minimum Gasteiger partial charge on any atom is -0.480 e. The lowest BCUT2D eigenvalue weighted by Crippen LogP contribution is -2.42. The van der Waals surface area contributed by atoms with Crippen molar-refractivity contribution in [1.82, 2.24) is 5.32 Å². The number of amides is 1. The van der Waals surface area contributed by atoms with E-state index in [1.54, 1.807) is 30.3 Å². The van der Waals surface area contributed by atoms with Gasteiger partial charge < -0.3 is 15.2 Å². The van der Waals surface area contributed by atoms with Gasteiger partial charge in [-0.25, -0.2) is 4.79 Å². The summed E-state index contributed by atoms with van der Waals surface area (Å²) >= 11 is 0. The Morgan fingerprint density at radius 3 is 2.33 bits per heavy atom. The van der Waals surface area contributed by atoms with Crippen molar-refractivity contribution in [3.8, 4) is 0 Å². The number of nitrogens with one attached hydrogen (secondary N) is 1. The van der Waals surface area contributed by atoms with E-state index in [2.05, 4.69) is 10.1 Å². The number of alkyl halides is 3. The fourth-order valence-electron chi connectivity index (χ4n) is 2.34. The quantitative estimate of drug-likeness (QED) is 0.766. The van der Waals surface area contributed by atoms with Crippen LogP contribution in [0.2, 0.25) is 0 Å². The van der Waals surface area contributed by atoms with Crippen LogP contribution in [0.15, 0.2) is 54.6 Å². The number of aliphatic carboxylic acids is 1. The van der Waals surface area contributed by atoms with Crippen LogP contribution in [0.1, 0.15) is 33.0 Å². The van der Waals surface area contributed by atoms with Gasteiger partial charge in [0.2, 0.25) is 0 Å². The number of carbonyl (C=O) groups excluding carboxylic acids is 1. The van der Waals surface area contributed by atoms with Crippen molar-refractivity contribution in [1.29, 1.82) is 0 Å². The summed E-state index contributed by atoms with van der Waals surface area (Å²) in [6.07, 6.45) is -9.28. The molecule has 2 atom stereocenters. The highest BCUT2D eigenvalue weighted by atomic mass is 19.4. The maximum absolute atomic E-state index is 13.3. The Balaban J connectivity index is 2.22. The summed E-state index contributed by atoms with van der Waals surface area (Å²) in [6, 6.07) is 10.5. The van der Waals surface area contributed by atoms with E-state index in [9.17, 15) is 27.9 Å². The summed E-state index contributed by atoms with van der Waals surface area (Å²) in [5, 5.41) is 11.6. The van der Waals surface area contributed by atoms with Crippen molar-refractivity contribution in [3.63, 3.8) is 0 Å². The Bertz CT molecular complexity index is 920. The number of halogens is 3. The van der Waals surface area contributed by atoms with E-state index < -0.39 is 42.8 Å². The first kappa shape index (κ1) is 15.2. The summed E-state index contributed by atoms with van der Waals surface area (Å²) in [4.78, 5) is 23.8. The SMILES string of the molecule is [2H]C([2H])([2H])OC([2H])(c1ccc(C(=O)N[C@@H](Cc2ccccc2)C(=O)O)cc1)C(F)(F)F. The van der Waals surface area contributed by atoms with Gasteiger partial charge in [0, 0.05) is 19.0 Å². The van der Waals surface area contributed by atoms with Gasteiger partial charge in [0.1, 0.15) is 6.04 Å². The van der Waals surface area contributed by atoms with Crippen LogP contribution in [0.4, 0.5) is 13.2 Å². The zero-order chi connectivity index (χ0) is 23.4.